The van der Waals surface area contributed by atoms with Crippen molar-refractivity contribution in [2.75, 3.05) is 0 Å². The fourth-order valence-corrected chi connectivity index (χ4v) is 4.29. The topological polar surface area (TPSA) is 109 Å². The van der Waals surface area contributed by atoms with Crippen LogP contribution in [-0.2, 0) is 0 Å². The second-order valence-corrected chi connectivity index (χ2v) is 7.35. The average molecular weight is 410 g/mol. The Balaban J connectivity index is 1.80. The van der Waals surface area contributed by atoms with E-state index in [1.54, 1.807) is 24.8 Å². The first-order valence-corrected chi connectivity index (χ1v) is 9.87. The number of aromatic nitrogens is 2. The Bertz CT molecular complexity index is 1360. The van der Waals surface area contributed by atoms with Gasteiger partial charge in [0.05, 0.1) is 29.3 Å². The monoisotopic (exact) mass is 410 g/mol. The predicted octanol–water partition coefficient (Wildman–Crippen LogP) is 4.69. The van der Waals surface area contributed by atoms with E-state index < -0.39 is 6.04 Å². The van der Waals surface area contributed by atoms with Gasteiger partial charge < -0.3 is 5.32 Å². The van der Waals surface area contributed by atoms with E-state index in [9.17, 15) is 15.8 Å². The Morgan fingerprint density at radius 1 is 0.625 bits per heavy atom. The van der Waals surface area contributed by atoms with E-state index in [0.29, 0.717) is 11.1 Å². The van der Waals surface area contributed by atoms with Gasteiger partial charge in [0, 0.05) is 35.9 Å². The summed E-state index contributed by atoms with van der Waals surface area (Å²) in [5.74, 6) is 0. The summed E-state index contributed by atoms with van der Waals surface area (Å²) in [5, 5.41) is 31.9. The molecule has 2 aromatic heterocycles. The molecule has 0 fully saturated rings. The molecule has 4 aromatic rings. The third kappa shape index (κ3) is 2.94. The van der Waals surface area contributed by atoms with Crippen LogP contribution in [-0.4, -0.2) is 9.97 Å². The van der Waals surface area contributed by atoms with Crippen LogP contribution in [0, 0.1) is 34.1 Å². The average Bonchev–Trinajstić information content (AvgIpc) is 3.15. The molecular weight excluding hydrogens is 396 g/mol. The molecule has 148 valence electrons. The molecule has 0 unspecified atom stereocenters. The number of hydrogen-bond donors (Lipinski definition) is 1. The van der Waals surface area contributed by atoms with Crippen molar-refractivity contribution in [2.45, 2.75) is 6.04 Å². The number of rotatable bonds is 3. The number of fused-ring (bicyclic) bond motifs is 3. The van der Waals surface area contributed by atoms with Gasteiger partial charge in [-0.1, -0.05) is 0 Å². The molecule has 0 spiro atoms. The highest BCUT2D eigenvalue weighted by atomic mass is 14.9. The Kier molecular flexibility index (Phi) is 4.56. The molecule has 2 heterocycles. The molecule has 1 aliphatic carbocycles. The van der Waals surface area contributed by atoms with Crippen LogP contribution in [0.1, 0.15) is 28.3 Å². The second kappa shape index (κ2) is 7.69. The van der Waals surface area contributed by atoms with Crippen molar-refractivity contribution in [1.82, 2.24) is 15.3 Å². The first kappa shape index (κ1) is 19.0. The summed E-state index contributed by atoms with van der Waals surface area (Å²) in [7, 11) is 0. The Morgan fingerprint density at radius 2 is 1.06 bits per heavy atom. The maximum absolute atomic E-state index is 9.82. The molecule has 0 amide bonds. The maximum atomic E-state index is 9.82. The number of nitrogens with one attached hydrogen (secondary N) is 1. The molecule has 2 aromatic carbocycles. The lowest BCUT2D eigenvalue weighted by Gasteiger charge is -2.13. The van der Waals surface area contributed by atoms with Gasteiger partial charge in [-0.15, -0.1) is 0 Å². The zero-order valence-corrected chi connectivity index (χ0v) is 16.7. The van der Waals surface area contributed by atoms with Gasteiger partial charge in [0.2, 0.25) is 0 Å². The third-order valence-corrected chi connectivity index (χ3v) is 5.72. The summed E-state index contributed by atoms with van der Waals surface area (Å²) in [6.07, 6.45) is 8.80. The highest BCUT2D eigenvalue weighted by Gasteiger charge is 2.31. The molecule has 5 rings (SSSR count). The normalized spacial score (nSPS) is 11.5. The predicted molar refractivity (Wildman–Crippen MR) is 118 cm³/mol. The smallest absolute Gasteiger partial charge is 0.177 e. The van der Waals surface area contributed by atoms with Gasteiger partial charge in [0.15, 0.2) is 6.19 Å². The van der Waals surface area contributed by atoms with Crippen molar-refractivity contribution < 1.29 is 0 Å². The molecule has 0 radical (unpaired) electrons. The highest BCUT2D eigenvalue weighted by Crippen LogP contribution is 2.48. The van der Waals surface area contributed by atoms with Crippen molar-refractivity contribution in [3.8, 4) is 51.7 Å². The van der Waals surface area contributed by atoms with Crippen molar-refractivity contribution in [3.63, 3.8) is 0 Å². The minimum Gasteiger partial charge on any atom is -0.312 e. The van der Waals surface area contributed by atoms with Crippen molar-refractivity contribution in [1.29, 1.82) is 15.8 Å². The van der Waals surface area contributed by atoms with Crippen LogP contribution >= 0.6 is 0 Å². The van der Waals surface area contributed by atoms with Crippen LogP contribution in [0.25, 0.3) is 33.4 Å². The van der Waals surface area contributed by atoms with Gasteiger partial charge in [0.25, 0.3) is 0 Å². The van der Waals surface area contributed by atoms with Crippen molar-refractivity contribution >= 4 is 0 Å². The first-order valence-electron chi connectivity index (χ1n) is 9.87. The third-order valence-electron chi connectivity index (χ3n) is 5.72. The second-order valence-electron chi connectivity index (χ2n) is 7.35. The fourth-order valence-electron chi connectivity index (χ4n) is 4.29. The summed E-state index contributed by atoms with van der Waals surface area (Å²) in [6, 6.07) is 19.2. The molecule has 6 heteroatoms. The molecule has 6 nitrogen and oxygen atoms in total. The largest absolute Gasteiger partial charge is 0.312 e. The van der Waals surface area contributed by atoms with Crippen LogP contribution in [0.4, 0.5) is 0 Å². The zero-order chi connectivity index (χ0) is 22.1. The molecular formula is C26H14N6. The minimum absolute atomic E-state index is 0.429. The number of hydrogen-bond acceptors (Lipinski definition) is 6. The summed E-state index contributed by atoms with van der Waals surface area (Å²) < 4.78 is 0. The van der Waals surface area contributed by atoms with Gasteiger partial charge >= 0.3 is 0 Å². The number of nitriles is 3. The maximum Gasteiger partial charge on any atom is 0.177 e. The summed E-state index contributed by atoms with van der Waals surface area (Å²) in [5.41, 5.74) is 7.94. The quantitative estimate of drug-likeness (QED) is 0.387. The molecule has 32 heavy (non-hydrogen) atoms. The lowest BCUT2D eigenvalue weighted by molar-refractivity contribution is 0.759. The van der Waals surface area contributed by atoms with Gasteiger partial charge in [-0.05, 0) is 81.9 Å². The van der Waals surface area contributed by atoms with Crippen LogP contribution in [0.5, 0.6) is 0 Å². The van der Waals surface area contributed by atoms with E-state index in [1.165, 1.54) is 0 Å². The van der Waals surface area contributed by atoms with E-state index in [2.05, 4.69) is 27.4 Å². The summed E-state index contributed by atoms with van der Waals surface area (Å²) in [4.78, 5) is 8.14. The van der Waals surface area contributed by atoms with Crippen LogP contribution in [0.15, 0.2) is 73.3 Å². The Labute approximate surface area is 184 Å². The highest BCUT2D eigenvalue weighted by molar-refractivity contribution is 5.89. The number of benzene rings is 2. The molecule has 1 N–H and O–H groups in total. The molecule has 0 bridgehead atoms. The molecule has 0 saturated carbocycles. The zero-order valence-electron chi connectivity index (χ0n) is 16.7. The Hall–Kier alpha value is -4.99. The van der Waals surface area contributed by atoms with Crippen LogP contribution < -0.4 is 5.32 Å². The lowest BCUT2D eigenvalue weighted by atomic mass is 9.92. The summed E-state index contributed by atoms with van der Waals surface area (Å²) in [6.45, 7) is 0. The number of nitrogens with zero attached hydrogens (tertiary/aromatic N) is 5. The van der Waals surface area contributed by atoms with E-state index in [-0.39, 0.29) is 0 Å². The van der Waals surface area contributed by atoms with E-state index in [1.807, 2.05) is 54.7 Å². The minimum atomic E-state index is -0.429. The SMILES string of the molecule is N#CNC1c2cc(C#N)c(-c3ccncc3)cc2-c2cc(-c3ccncc3)c(C#N)cc21. The molecule has 1 aliphatic rings. The van der Waals surface area contributed by atoms with E-state index >= 15 is 0 Å². The standard InChI is InChI=1S/C26H14N6/c27-13-18-9-24-22(11-20(18)16-1-5-30-6-2-16)23-12-21(17-3-7-31-8-4-17)19(14-28)10-25(23)26(24)32-15-29/h1-12,26,32H. The lowest BCUT2D eigenvalue weighted by Crippen LogP contribution is -2.15. The van der Waals surface area contributed by atoms with Gasteiger partial charge in [-0.3, -0.25) is 9.97 Å². The van der Waals surface area contributed by atoms with Crippen LogP contribution in [0.2, 0.25) is 0 Å². The van der Waals surface area contributed by atoms with Gasteiger partial charge in [-0.2, -0.15) is 15.8 Å². The van der Waals surface area contributed by atoms with Crippen molar-refractivity contribution in [2.24, 2.45) is 0 Å². The molecule has 0 aliphatic heterocycles. The molecule has 0 saturated heterocycles. The summed E-state index contributed by atoms with van der Waals surface area (Å²) >= 11 is 0. The van der Waals surface area contributed by atoms with Gasteiger partial charge in [0.1, 0.15) is 0 Å². The van der Waals surface area contributed by atoms with Crippen LogP contribution in [0.3, 0.4) is 0 Å². The van der Waals surface area contributed by atoms with Crippen molar-refractivity contribution in [3.05, 3.63) is 95.6 Å². The molecule has 0 atom stereocenters. The first-order chi connectivity index (χ1) is 15.7. The fraction of sp³-hybridized carbons (Fsp3) is 0.0385. The van der Waals surface area contributed by atoms with Gasteiger partial charge in [-0.25, -0.2) is 0 Å². The van der Waals surface area contributed by atoms with E-state index in [0.717, 1.165) is 44.5 Å². The number of pyridine rings is 2. The van der Waals surface area contributed by atoms with E-state index in [4.69, 9.17) is 0 Å². The Morgan fingerprint density at radius 3 is 1.44 bits per heavy atom.